The number of likely N-dealkylation sites (N-methyl/N-ethyl adjacent to an activating group) is 1. The minimum atomic E-state index is -0.164. The summed E-state index contributed by atoms with van der Waals surface area (Å²) >= 11 is 0. The zero-order chi connectivity index (χ0) is 18.4. The van der Waals surface area contributed by atoms with Crippen LogP contribution in [0.15, 0.2) is 42.9 Å². The van der Waals surface area contributed by atoms with Crippen LogP contribution in [0.5, 0.6) is 0 Å². The van der Waals surface area contributed by atoms with Gasteiger partial charge < -0.3 is 4.90 Å². The third-order valence-electron chi connectivity index (χ3n) is 4.99. The molecule has 26 heavy (non-hydrogen) atoms. The number of rotatable bonds is 6. The highest BCUT2D eigenvalue weighted by Crippen LogP contribution is 2.19. The largest absolute Gasteiger partial charge is 0.341 e. The van der Waals surface area contributed by atoms with Crippen molar-refractivity contribution in [1.82, 2.24) is 19.8 Å². The molecule has 5 nitrogen and oxygen atoms in total. The van der Waals surface area contributed by atoms with Crippen molar-refractivity contribution in [3.8, 4) is 0 Å². The standard InChI is InChI=1S/C20H25FN4O/c1-24(20(26)9-8-17-13-22-10-11-23-17)18-6-4-12-25(15-18)14-16-5-2-3-7-19(16)21/h2-3,5,7,10-11,13,18H,4,6,8-9,12,14-15H2,1H3/t18-/m0/s1. The van der Waals surface area contributed by atoms with Crippen molar-refractivity contribution in [2.45, 2.75) is 38.3 Å². The molecule has 0 spiro atoms. The van der Waals surface area contributed by atoms with Gasteiger partial charge in [-0.1, -0.05) is 18.2 Å². The highest BCUT2D eigenvalue weighted by Gasteiger charge is 2.26. The van der Waals surface area contributed by atoms with Gasteiger partial charge in [-0.05, 0) is 31.9 Å². The van der Waals surface area contributed by atoms with Crippen molar-refractivity contribution < 1.29 is 9.18 Å². The zero-order valence-electron chi connectivity index (χ0n) is 15.1. The Bertz CT molecular complexity index is 725. The van der Waals surface area contributed by atoms with Crippen molar-refractivity contribution >= 4 is 5.91 Å². The summed E-state index contributed by atoms with van der Waals surface area (Å²) < 4.78 is 13.9. The molecule has 1 aromatic carbocycles. The molecule has 0 N–H and O–H groups in total. The zero-order valence-corrected chi connectivity index (χ0v) is 15.1. The molecule has 1 fully saturated rings. The van der Waals surface area contributed by atoms with Gasteiger partial charge in [0, 0.05) is 56.8 Å². The lowest BCUT2D eigenvalue weighted by molar-refractivity contribution is -0.133. The molecule has 0 unspecified atom stereocenters. The molecular weight excluding hydrogens is 331 g/mol. The summed E-state index contributed by atoms with van der Waals surface area (Å²) in [6.45, 7) is 2.30. The van der Waals surface area contributed by atoms with Crippen molar-refractivity contribution in [3.63, 3.8) is 0 Å². The van der Waals surface area contributed by atoms with E-state index >= 15 is 0 Å². The number of amides is 1. The van der Waals surface area contributed by atoms with E-state index in [1.165, 1.54) is 6.07 Å². The molecule has 1 atom stereocenters. The maximum absolute atomic E-state index is 13.9. The molecule has 0 saturated carbocycles. The molecule has 0 radical (unpaired) electrons. The van der Waals surface area contributed by atoms with E-state index in [1.54, 1.807) is 24.7 Å². The number of nitrogens with zero attached hydrogens (tertiary/aromatic N) is 4. The van der Waals surface area contributed by atoms with Crippen LogP contribution in [-0.4, -0.2) is 51.9 Å². The molecule has 6 heteroatoms. The number of likely N-dealkylation sites (tertiary alicyclic amines) is 1. The Morgan fingerprint density at radius 1 is 1.35 bits per heavy atom. The number of halogens is 1. The fraction of sp³-hybridized carbons (Fsp3) is 0.450. The van der Waals surface area contributed by atoms with Gasteiger partial charge in [-0.2, -0.15) is 0 Å². The third-order valence-corrected chi connectivity index (χ3v) is 4.99. The molecule has 1 aliphatic heterocycles. The van der Waals surface area contributed by atoms with E-state index in [-0.39, 0.29) is 17.8 Å². The van der Waals surface area contributed by atoms with E-state index in [4.69, 9.17) is 0 Å². The van der Waals surface area contributed by atoms with Crippen LogP contribution >= 0.6 is 0 Å². The molecule has 1 amide bonds. The van der Waals surface area contributed by atoms with Crippen LogP contribution in [0.3, 0.4) is 0 Å². The summed E-state index contributed by atoms with van der Waals surface area (Å²) in [4.78, 5) is 24.9. The molecule has 1 saturated heterocycles. The van der Waals surface area contributed by atoms with Crippen LogP contribution in [0.2, 0.25) is 0 Å². The van der Waals surface area contributed by atoms with Crippen LogP contribution in [0.25, 0.3) is 0 Å². The number of aryl methyl sites for hydroxylation is 1. The number of hydrogen-bond acceptors (Lipinski definition) is 4. The average Bonchev–Trinajstić information content (AvgIpc) is 2.68. The smallest absolute Gasteiger partial charge is 0.222 e. The van der Waals surface area contributed by atoms with Crippen molar-refractivity contribution in [3.05, 3.63) is 59.9 Å². The molecule has 0 aliphatic carbocycles. The number of carbonyl (C=O) groups is 1. The Kier molecular flexibility index (Phi) is 6.28. The maximum Gasteiger partial charge on any atom is 0.222 e. The number of carbonyl (C=O) groups excluding carboxylic acids is 1. The Labute approximate surface area is 153 Å². The molecule has 3 rings (SSSR count). The van der Waals surface area contributed by atoms with Gasteiger partial charge in [-0.25, -0.2) is 4.39 Å². The van der Waals surface area contributed by atoms with Crippen molar-refractivity contribution in [2.24, 2.45) is 0 Å². The summed E-state index contributed by atoms with van der Waals surface area (Å²) in [6, 6.07) is 7.07. The van der Waals surface area contributed by atoms with E-state index in [0.29, 0.717) is 24.9 Å². The van der Waals surface area contributed by atoms with E-state index in [1.807, 2.05) is 24.1 Å². The molecule has 138 valence electrons. The Hall–Kier alpha value is -2.34. The second kappa shape index (κ2) is 8.85. The highest BCUT2D eigenvalue weighted by molar-refractivity contribution is 5.76. The number of aromatic nitrogens is 2. The number of hydrogen-bond donors (Lipinski definition) is 0. The number of benzene rings is 1. The van der Waals surface area contributed by atoms with Crippen molar-refractivity contribution in [1.29, 1.82) is 0 Å². The normalized spacial score (nSPS) is 17.8. The second-order valence-corrected chi connectivity index (χ2v) is 6.82. The van der Waals surface area contributed by atoms with Crippen LogP contribution in [0.4, 0.5) is 4.39 Å². The van der Waals surface area contributed by atoms with Gasteiger partial charge >= 0.3 is 0 Å². The predicted octanol–water partition coefficient (Wildman–Crippen LogP) is 2.67. The van der Waals surface area contributed by atoms with Gasteiger partial charge in [-0.15, -0.1) is 0 Å². The summed E-state index contributed by atoms with van der Waals surface area (Å²) in [7, 11) is 1.87. The van der Waals surface area contributed by atoms with E-state index in [2.05, 4.69) is 14.9 Å². The first-order chi connectivity index (χ1) is 12.6. The first kappa shape index (κ1) is 18.5. The first-order valence-electron chi connectivity index (χ1n) is 9.10. The van der Waals surface area contributed by atoms with Crippen LogP contribution in [0, 0.1) is 5.82 Å². The molecule has 2 heterocycles. The fourth-order valence-electron chi connectivity index (χ4n) is 3.43. The fourth-order valence-corrected chi connectivity index (χ4v) is 3.43. The minimum Gasteiger partial charge on any atom is -0.341 e. The lowest BCUT2D eigenvalue weighted by Gasteiger charge is -2.37. The Morgan fingerprint density at radius 3 is 2.96 bits per heavy atom. The summed E-state index contributed by atoms with van der Waals surface area (Å²) in [5.41, 5.74) is 1.55. The van der Waals surface area contributed by atoms with Crippen LogP contribution in [-0.2, 0) is 17.8 Å². The quantitative estimate of drug-likeness (QED) is 0.798. The van der Waals surface area contributed by atoms with Crippen molar-refractivity contribution in [2.75, 3.05) is 20.1 Å². The molecular formula is C20H25FN4O. The van der Waals surface area contributed by atoms with Gasteiger partial charge in [0.1, 0.15) is 5.82 Å². The Balaban J connectivity index is 1.53. The van der Waals surface area contributed by atoms with Crippen LogP contribution in [0.1, 0.15) is 30.5 Å². The molecule has 1 aliphatic rings. The van der Waals surface area contributed by atoms with Gasteiger partial charge in [0.25, 0.3) is 0 Å². The molecule has 0 bridgehead atoms. The second-order valence-electron chi connectivity index (χ2n) is 6.82. The van der Waals surface area contributed by atoms with Gasteiger partial charge in [0.2, 0.25) is 5.91 Å². The summed E-state index contributed by atoms with van der Waals surface area (Å²) in [6.07, 6.45) is 8.00. The Morgan fingerprint density at radius 2 is 2.19 bits per heavy atom. The predicted molar refractivity (Wildman–Crippen MR) is 97.8 cm³/mol. The minimum absolute atomic E-state index is 0.119. The van der Waals surface area contributed by atoms with E-state index < -0.39 is 0 Å². The van der Waals surface area contributed by atoms with E-state index in [9.17, 15) is 9.18 Å². The summed E-state index contributed by atoms with van der Waals surface area (Å²) in [5.74, 6) is -0.0450. The first-order valence-corrected chi connectivity index (χ1v) is 9.10. The lowest BCUT2D eigenvalue weighted by atomic mass is 10.0. The van der Waals surface area contributed by atoms with Gasteiger partial charge in [0.15, 0.2) is 0 Å². The summed E-state index contributed by atoms with van der Waals surface area (Å²) in [5, 5.41) is 0. The van der Waals surface area contributed by atoms with E-state index in [0.717, 1.165) is 31.6 Å². The topological polar surface area (TPSA) is 49.3 Å². The maximum atomic E-state index is 13.9. The SMILES string of the molecule is CN(C(=O)CCc1cnccn1)[C@H]1CCCN(Cc2ccccc2F)C1. The van der Waals surface area contributed by atoms with Crippen LogP contribution < -0.4 is 0 Å². The highest BCUT2D eigenvalue weighted by atomic mass is 19.1. The number of piperidine rings is 1. The third kappa shape index (κ3) is 4.85. The lowest BCUT2D eigenvalue weighted by Crippen LogP contribution is -2.48. The van der Waals surface area contributed by atoms with Gasteiger partial charge in [0.05, 0.1) is 5.69 Å². The monoisotopic (exact) mass is 356 g/mol. The van der Waals surface area contributed by atoms with Gasteiger partial charge in [-0.3, -0.25) is 19.7 Å². The molecule has 1 aromatic heterocycles. The molecule has 2 aromatic rings. The average molecular weight is 356 g/mol.